The molecule has 1 amide bonds. The van der Waals surface area contributed by atoms with Gasteiger partial charge in [0.25, 0.3) is 0 Å². The molecular formula is C15H22BrClN2O2. The number of nitrogens with two attached hydrogens (primary N) is 1. The monoisotopic (exact) mass is 376 g/mol. The molecule has 4 nitrogen and oxygen atoms in total. The van der Waals surface area contributed by atoms with Crippen molar-refractivity contribution in [1.29, 1.82) is 0 Å². The predicted octanol–water partition coefficient (Wildman–Crippen LogP) is 2.58. The summed E-state index contributed by atoms with van der Waals surface area (Å²) in [6, 6.07) is 8.01. The second-order valence-corrected chi connectivity index (χ2v) is 6.30. The summed E-state index contributed by atoms with van der Waals surface area (Å²) in [5.41, 5.74) is 6.54. The zero-order valence-electron chi connectivity index (χ0n) is 12.2. The largest absolute Gasteiger partial charge is 0.381 e. The van der Waals surface area contributed by atoms with Crippen LogP contribution < -0.4 is 5.73 Å². The van der Waals surface area contributed by atoms with Crippen molar-refractivity contribution in [3.8, 4) is 0 Å². The van der Waals surface area contributed by atoms with E-state index in [1.165, 1.54) is 0 Å². The van der Waals surface area contributed by atoms with Gasteiger partial charge in [0.1, 0.15) is 0 Å². The third-order valence-corrected chi connectivity index (χ3v) is 4.44. The summed E-state index contributed by atoms with van der Waals surface area (Å²) in [5.74, 6) is 0.128. The van der Waals surface area contributed by atoms with E-state index >= 15 is 0 Å². The Morgan fingerprint density at radius 3 is 2.67 bits per heavy atom. The minimum Gasteiger partial charge on any atom is -0.381 e. The number of carbonyl (C=O) groups excluding carboxylic acids is 1. The first-order chi connectivity index (χ1) is 9.57. The van der Waals surface area contributed by atoms with Gasteiger partial charge in [-0.2, -0.15) is 0 Å². The number of hydrogen-bond acceptors (Lipinski definition) is 3. The second-order valence-electron chi connectivity index (χ2n) is 5.39. The maximum absolute atomic E-state index is 12.7. The van der Waals surface area contributed by atoms with Crippen LogP contribution in [0.3, 0.4) is 0 Å². The fourth-order valence-electron chi connectivity index (χ4n) is 2.65. The van der Waals surface area contributed by atoms with E-state index in [0.717, 1.165) is 10.0 Å². The van der Waals surface area contributed by atoms with E-state index in [1.807, 2.05) is 31.3 Å². The van der Waals surface area contributed by atoms with Crippen molar-refractivity contribution in [2.45, 2.75) is 19.4 Å². The third-order valence-electron chi connectivity index (χ3n) is 3.95. The highest BCUT2D eigenvalue weighted by atomic mass is 79.9. The van der Waals surface area contributed by atoms with E-state index in [2.05, 4.69) is 15.9 Å². The van der Waals surface area contributed by atoms with Crippen molar-refractivity contribution >= 4 is 34.2 Å². The van der Waals surface area contributed by atoms with Crippen LogP contribution in [0.1, 0.15) is 18.4 Å². The summed E-state index contributed by atoms with van der Waals surface area (Å²) in [6.07, 6.45) is 1.43. The molecule has 1 aromatic carbocycles. The lowest BCUT2D eigenvalue weighted by Crippen LogP contribution is -2.49. The Bertz CT molecular complexity index is 478. The minimum absolute atomic E-state index is 0. The molecule has 1 aliphatic rings. The van der Waals surface area contributed by atoms with Gasteiger partial charge in [-0.3, -0.25) is 4.79 Å². The Balaban J connectivity index is 0.00000220. The number of nitrogens with zero attached hydrogens (tertiary/aromatic N) is 1. The minimum atomic E-state index is -0.445. The first-order valence-electron chi connectivity index (χ1n) is 6.85. The van der Waals surface area contributed by atoms with Gasteiger partial charge in [0.05, 0.1) is 5.41 Å². The van der Waals surface area contributed by atoms with Crippen molar-refractivity contribution in [2.24, 2.45) is 11.1 Å². The molecule has 2 rings (SSSR count). The molecule has 0 saturated carbocycles. The molecule has 0 bridgehead atoms. The average Bonchev–Trinajstić information content (AvgIpc) is 2.47. The lowest BCUT2D eigenvalue weighted by molar-refractivity contribution is -0.146. The van der Waals surface area contributed by atoms with Crippen molar-refractivity contribution in [2.75, 3.05) is 26.8 Å². The van der Waals surface area contributed by atoms with Gasteiger partial charge in [0.15, 0.2) is 0 Å². The summed E-state index contributed by atoms with van der Waals surface area (Å²) in [6.45, 7) is 2.22. The number of benzene rings is 1. The standard InChI is InChI=1S/C15H21BrN2O2.ClH/c1-18(10-12-3-2-4-13(16)9-12)14(19)15(11-17)5-7-20-8-6-15;/h2-4,9H,5-8,10-11,17H2,1H3;1H. The van der Waals surface area contributed by atoms with Crippen molar-refractivity contribution < 1.29 is 9.53 Å². The quantitative estimate of drug-likeness (QED) is 0.877. The van der Waals surface area contributed by atoms with Crippen LogP contribution in [0.4, 0.5) is 0 Å². The van der Waals surface area contributed by atoms with E-state index in [9.17, 15) is 4.79 Å². The molecule has 1 aliphatic heterocycles. The Hall–Kier alpha value is -0.620. The van der Waals surface area contributed by atoms with E-state index < -0.39 is 5.41 Å². The Morgan fingerprint density at radius 1 is 1.43 bits per heavy atom. The van der Waals surface area contributed by atoms with Crippen LogP contribution in [-0.4, -0.2) is 37.6 Å². The highest BCUT2D eigenvalue weighted by Gasteiger charge is 2.40. The van der Waals surface area contributed by atoms with Gasteiger partial charge >= 0.3 is 0 Å². The van der Waals surface area contributed by atoms with E-state index in [-0.39, 0.29) is 18.3 Å². The highest BCUT2D eigenvalue weighted by molar-refractivity contribution is 9.10. The molecule has 1 aromatic rings. The average molecular weight is 378 g/mol. The SMILES string of the molecule is CN(Cc1cccc(Br)c1)C(=O)C1(CN)CCOCC1.Cl. The lowest BCUT2D eigenvalue weighted by Gasteiger charge is -2.37. The zero-order valence-corrected chi connectivity index (χ0v) is 14.6. The lowest BCUT2D eigenvalue weighted by atomic mass is 9.79. The maximum Gasteiger partial charge on any atom is 0.230 e. The summed E-state index contributed by atoms with van der Waals surface area (Å²) in [7, 11) is 1.84. The van der Waals surface area contributed by atoms with Gasteiger partial charge in [-0.05, 0) is 30.5 Å². The maximum atomic E-state index is 12.7. The second kappa shape index (κ2) is 8.13. The number of rotatable bonds is 4. The molecule has 1 saturated heterocycles. The molecule has 6 heteroatoms. The van der Waals surface area contributed by atoms with Crippen LogP contribution in [0, 0.1) is 5.41 Å². The third kappa shape index (κ3) is 4.42. The van der Waals surface area contributed by atoms with E-state index in [4.69, 9.17) is 10.5 Å². The van der Waals surface area contributed by atoms with Gasteiger partial charge < -0.3 is 15.4 Å². The number of amides is 1. The summed E-state index contributed by atoms with van der Waals surface area (Å²) < 4.78 is 6.38. The van der Waals surface area contributed by atoms with Crippen LogP contribution in [0.15, 0.2) is 28.7 Å². The molecule has 1 fully saturated rings. The molecule has 1 heterocycles. The first-order valence-corrected chi connectivity index (χ1v) is 7.64. The Morgan fingerprint density at radius 2 is 2.10 bits per heavy atom. The molecule has 21 heavy (non-hydrogen) atoms. The summed E-state index contributed by atoms with van der Waals surface area (Å²) in [5, 5.41) is 0. The molecule has 0 atom stereocenters. The van der Waals surface area contributed by atoms with Gasteiger partial charge in [-0.15, -0.1) is 12.4 Å². The van der Waals surface area contributed by atoms with Crippen LogP contribution in [0.5, 0.6) is 0 Å². The number of hydrogen-bond donors (Lipinski definition) is 1. The topological polar surface area (TPSA) is 55.6 Å². The van der Waals surface area contributed by atoms with Crippen LogP contribution >= 0.6 is 28.3 Å². The number of carbonyl (C=O) groups is 1. The van der Waals surface area contributed by atoms with E-state index in [1.54, 1.807) is 4.90 Å². The highest BCUT2D eigenvalue weighted by Crippen LogP contribution is 2.31. The van der Waals surface area contributed by atoms with E-state index in [0.29, 0.717) is 39.1 Å². The molecule has 0 aliphatic carbocycles. The van der Waals surface area contributed by atoms with Crippen LogP contribution in [0.2, 0.25) is 0 Å². The van der Waals surface area contributed by atoms with Gasteiger partial charge in [0, 0.05) is 37.8 Å². The van der Waals surface area contributed by atoms with Gasteiger partial charge in [-0.1, -0.05) is 28.1 Å². The van der Waals surface area contributed by atoms with Gasteiger partial charge in [-0.25, -0.2) is 0 Å². The molecule has 0 spiro atoms. The summed E-state index contributed by atoms with van der Waals surface area (Å²) in [4.78, 5) is 14.5. The fourth-order valence-corrected chi connectivity index (χ4v) is 3.10. The van der Waals surface area contributed by atoms with Crippen molar-refractivity contribution in [3.63, 3.8) is 0 Å². The Kier molecular flexibility index (Phi) is 7.13. The summed E-state index contributed by atoms with van der Waals surface area (Å²) >= 11 is 3.45. The number of ether oxygens (including phenoxy) is 1. The molecule has 0 aromatic heterocycles. The normalized spacial score (nSPS) is 16.9. The smallest absolute Gasteiger partial charge is 0.230 e. The molecule has 0 unspecified atom stereocenters. The van der Waals surface area contributed by atoms with Crippen LogP contribution in [-0.2, 0) is 16.1 Å². The molecule has 118 valence electrons. The first kappa shape index (κ1) is 18.4. The molecular weight excluding hydrogens is 356 g/mol. The zero-order chi connectivity index (χ0) is 14.6. The van der Waals surface area contributed by atoms with Gasteiger partial charge in [0.2, 0.25) is 5.91 Å². The number of halogens is 2. The van der Waals surface area contributed by atoms with Crippen LogP contribution in [0.25, 0.3) is 0 Å². The van der Waals surface area contributed by atoms with Crippen molar-refractivity contribution in [3.05, 3.63) is 34.3 Å². The fraction of sp³-hybridized carbons (Fsp3) is 0.533. The predicted molar refractivity (Wildman–Crippen MR) is 89.4 cm³/mol. The van der Waals surface area contributed by atoms with Crippen molar-refractivity contribution in [1.82, 2.24) is 4.90 Å². The Labute approximate surface area is 140 Å². The molecule has 2 N–H and O–H groups in total. The molecule has 0 radical (unpaired) electrons.